The number of H-pyrrole nitrogens is 1. The Bertz CT molecular complexity index is 1100. The second-order valence-corrected chi connectivity index (χ2v) is 9.27. The topological polar surface area (TPSA) is 105 Å². The van der Waals surface area contributed by atoms with Gasteiger partial charge in [-0.05, 0) is 56.4 Å². The van der Waals surface area contributed by atoms with Crippen LogP contribution in [0.25, 0.3) is 11.1 Å². The van der Waals surface area contributed by atoms with Crippen LogP contribution in [-0.2, 0) is 11.8 Å². The average Bonchev–Trinajstić information content (AvgIpc) is 3.37. The van der Waals surface area contributed by atoms with E-state index in [0.29, 0.717) is 11.4 Å². The Morgan fingerprint density at radius 3 is 2.29 bits per heavy atom. The first kappa shape index (κ1) is 23.7. The molecule has 180 valence electrons. The molecule has 1 aliphatic carbocycles. The molecule has 0 bridgehead atoms. The zero-order valence-electron chi connectivity index (χ0n) is 20.2. The summed E-state index contributed by atoms with van der Waals surface area (Å²) in [6, 6.07) is 8.84. The fraction of sp³-hybridized carbons (Fsp3) is 0.462. The van der Waals surface area contributed by atoms with Crippen molar-refractivity contribution in [2.24, 2.45) is 13.0 Å². The second kappa shape index (κ2) is 10.7. The molecule has 8 heteroatoms. The van der Waals surface area contributed by atoms with E-state index in [9.17, 15) is 9.59 Å². The van der Waals surface area contributed by atoms with Crippen molar-refractivity contribution in [3.05, 3.63) is 53.6 Å². The molecule has 8 nitrogen and oxygen atoms in total. The molecule has 1 atom stereocenters. The number of carbonyl (C=O) groups is 2. The monoisotopic (exact) mass is 462 g/mol. The van der Waals surface area contributed by atoms with E-state index in [1.54, 1.807) is 19.3 Å². The van der Waals surface area contributed by atoms with Gasteiger partial charge >= 0.3 is 0 Å². The van der Waals surface area contributed by atoms with Crippen LogP contribution in [0, 0.1) is 19.8 Å². The third kappa shape index (κ3) is 5.38. The Balaban J connectivity index is 1.52. The van der Waals surface area contributed by atoms with Crippen LogP contribution in [0.3, 0.4) is 0 Å². The van der Waals surface area contributed by atoms with E-state index in [2.05, 4.69) is 25.9 Å². The molecule has 3 aromatic rings. The van der Waals surface area contributed by atoms with Gasteiger partial charge in [0, 0.05) is 30.2 Å². The summed E-state index contributed by atoms with van der Waals surface area (Å²) >= 11 is 0. The minimum atomic E-state index is -0.599. The molecule has 2 amide bonds. The van der Waals surface area contributed by atoms with E-state index in [1.165, 1.54) is 23.9 Å². The Hall–Kier alpha value is -3.42. The highest BCUT2D eigenvalue weighted by Crippen LogP contribution is 2.28. The molecule has 1 aliphatic rings. The lowest BCUT2D eigenvalue weighted by Gasteiger charge is -2.28. The largest absolute Gasteiger partial charge is 0.339 e. The maximum atomic E-state index is 13.5. The molecule has 1 aromatic carbocycles. The van der Waals surface area contributed by atoms with Gasteiger partial charge in [-0.3, -0.25) is 19.4 Å². The quantitative estimate of drug-likeness (QED) is 0.501. The predicted octanol–water partition coefficient (Wildman–Crippen LogP) is 4.52. The summed E-state index contributed by atoms with van der Waals surface area (Å²) in [5.74, 6) is -0.346. The van der Waals surface area contributed by atoms with Gasteiger partial charge in [0.15, 0.2) is 0 Å². The Morgan fingerprint density at radius 2 is 1.71 bits per heavy atom. The molecule has 1 unspecified atom stereocenters. The third-order valence-electron chi connectivity index (χ3n) is 6.81. The summed E-state index contributed by atoms with van der Waals surface area (Å²) in [5.41, 5.74) is 5.22. The lowest BCUT2D eigenvalue weighted by atomic mass is 9.85. The first-order valence-electron chi connectivity index (χ1n) is 12.2. The highest BCUT2D eigenvalue weighted by atomic mass is 16.2. The Morgan fingerprint density at radius 1 is 1.03 bits per heavy atom. The van der Waals surface area contributed by atoms with Gasteiger partial charge in [0.25, 0.3) is 5.91 Å². The highest BCUT2D eigenvalue weighted by Gasteiger charge is 2.31. The summed E-state index contributed by atoms with van der Waals surface area (Å²) < 4.78 is 1.53. The van der Waals surface area contributed by atoms with Gasteiger partial charge in [0.2, 0.25) is 5.91 Å². The van der Waals surface area contributed by atoms with Gasteiger partial charge in [0.05, 0.1) is 5.69 Å². The van der Waals surface area contributed by atoms with Gasteiger partial charge in [0.1, 0.15) is 11.7 Å². The second-order valence-electron chi connectivity index (χ2n) is 9.27. The van der Waals surface area contributed by atoms with E-state index in [4.69, 9.17) is 0 Å². The number of aromatic amines is 1. The fourth-order valence-corrected chi connectivity index (χ4v) is 4.95. The van der Waals surface area contributed by atoms with Gasteiger partial charge < -0.3 is 10.6 Å². The van der Waals surface area contributed by atoms with Gasteiger partial charge in [-0.1, -0.05) is 44.2 Å². The van der Waals surface area contributed by atoms with E-state index >= 15 is 0 Å². The molecule has 0 radical (unpaired) electrons. The SMILES string of the molecule is Cc1n[nH]c(C)c1-c1ccc(NC(=O)C(NC(=O)c2ccnn2C)C2CCCCCCC2)cc1. The number of aryl methyl sites for hydroxylation is 3. The molecule has 34 heavy (non-hydrogen) atoms. The summed E-state index contributed by atoms with van der Waals surface area (Å²) in [7, 11) is 1.73. The van der Waals surface area contributed by atoms with Crippen LogP contribution in [0.15, 0.2) is 36.5 Å². The van der Waals surface area contributed by atoms with Crippen molar-refractivity contribution in [1.29, 1.82) is 0 Å². The number of rotatable bonds is 6. The molecule has 0 aliphatic heterocycles. The maximum absolute atomic E-state index is 13.5. The van der Waals surface area contributed by atoms with Crippen LogP contribution in [0.5, 0.6) is 0 Å². The number of amides is 2. The zero-order valence-corrected chi connectivity index (χ0v) is 20.2. The predicted molar refractivity (Wildman–Crippen MR) is 132 cm³/mol. The molecule has 2 aromatic heterocycles. The number of anilines is 1. The van der Waals surface area contributed by atoms with E-state index in [0.717, 1.165) is 48.2 Å². The van der Waals surface area contributed by atoms with Crippen molar-refractivity contribution in [1.82, 2.24) is 25.3 Å². The first-order chi connectivity index (χ1) is 16.4. The number of nitrogens with one attached hydrogen (secondary N) is 3. The number of hydrogen-bond donors (Lipinski definition) is 3. The van der Waals surface area contributed by atoms with Gasteiger partial charge in [-0.2, -0.15) is 10.2 Å². The fourth-order valence-electron chi connectivity index (χ4n) is 4.95. The number of benzene rings is 1. The standard InChI is InChI=1S/C26H34N6O2/c1-17-23(18(2)31-30-17)19-11-13-21(14-12-19)28-26(34)24(20-9-7-5-4-6-8-10-20)29-25(33)22-15-16-27-32(22)3/h11-16,20,24H,4-10H2,1-3H3,(H,28,34)(H,29,33)(H,30,31). The molecule has 2 heterocycles. The molecule has 1 fully saturated rings. The summed E-state index contributed by atoms with van der Waals surface area (Å²) in [6.07, 6.45) is 9.20. The van der Waals surface area contributed by atoms with Crippen molar-refractivity contribution in [2.45, 2.75) is 64.8 Å². The molecule has 0 spiro atoms. The highest BCUT2D eigenvalue weighted by molar-refractivity contribution is 6.00. The summed E-state index contributed by atoms with van der Waals surface area (Å²) in [4.78, 5) is 26.4. The van der Waals surface area contributed by atoms with Crippen LogP contribution >= 0.6 is 0 Å². The Kier molecular flexibility index (Phi) is 7.45. The Labute approximate surface area is 200 Å². The van der Waals surface area contributed by atoms with E-state index in [-0.39, 0.29) is 17.7 Å². The minimum Gasteiger partial charge on any atom is -0.339 e. The maximum Gasteiger partial charge on any atom is 0.270 e. The van der Waals surface area contributed by atoms with E-state index in [1.807, 2.05) is 38.1 Å². The first-order valence-corrected chi connectivity index (χ1v) is 12.2. The molecular weight excluding hydrogens is 428 g/mol. The number of aromatic nitrogens is 4. The molecule has 1 saturated carbocycles. The van der Waals surface area contributed by atoms with Crippen LogP contribution in [-0.4, -0.2) is 37.8 Å². The van der Waals surface area contributed by atoms with Crippen molar-refractivity contribution in [3.8, 4) is 11.1 Å². The normalized spacial score (nSPS) is 15.9. The smallest absolute Gasteiger partial charge is 0.270 e. The minimum absolute atomic E-state index is 0.105. The van der Waals surface area contributed by atoms with Crippen molar-refractivity contribution in [3.63, 3.8) is 0 Å². The lowest BCUT2D eigenvalue weighted by Crippen LogP contribution is -2.49. The number of hydrogen-bond acceptors (Lipinski definition) is 4. The number of carbonyl (C=O) groups excluding carboxylic acids is 2. The van der Waals surface area contributed by atoms with Crippen LogP contribution in [0.4, 0.5) is 5.69 Å². The van der Waals surface area contributed by atoms with Crippen LogP contribution < -0.4 is 10.6 Å². The van der Waals surface area contributed by atoms with Crippen molar-refractivity contribution in [2.75, 3.05) is 5.32 Å². The molecule has 0 saturated heterocycles. The van der Waals surface area contributed by atoms with Crippen LogP contribution in [0.2, 0.25) is 0 Å². The van der Waals surface area contributed by atoms with Crippen LogP contribution in [0.1, 0.15) is 66.8 Å². The lowest BCUT2D eigenvalue weighted by molar-refractivity contribution is -0.119. The zero-order chi connectivity index (χ0) is 24.1. The summed E-state index contributed by atoms with van der Waals surface area (Å²) in [6.45, 7) is 3.97. The van der Waals surface area contributed by atoms with Crippen molar-refractivity contribution < 1.29 is 9.59 Å². The van der Waals surface area contributed by atoms with Gasteiger partial charge in [-0.15, -0.1) is 0 Å². The summed E-state index contributed by atoms with van der Waals surface area (Å²) in [5, 5.41) is 17.4. The number of nitrogens with zero attached hydrogens (tertiary/aromatic N) is 3. The molecular formula is C26H34N6O2. The third-order valence-corrected chi connectivity index (χ3v) is 6.81. The van der Waals surface area contributed by atoms with Crippen molar-refractivity contribution >= 4 is 17.5 Å². The van der Waals surface area contributed by atoms with Gasteiger partial charge in [-0.25, -0.2) is 0 Å². The molecule has 3 N–H and O–H groups in total. The average molecular weight is 463 g/mol. The van der Waals surface area contributed by atoms with E-state index < -0.39 is 6.04 Å². The molecule has 4 rings (SSSR count).